The maximum absolute atomic E-state index is 12.7. The van der Waals surface area contributed by atoms with Crippen LogP contribution in [0.2, 0.25) is 0 Å². The van der Waals surface area contributed by atoms with Gasteiger partial charge in [0.1, 0.15) is 0 Å². The summed E-state index contributed by atoms with van der Waals surface area (Å²) in [4.78, 5) is 14.5. The van der Waals surface area contributed by atoms with Crippen molar-refractivity contribution in [1.82, 2.24) is 10.2 Å². The molecule has 0 aromatic carbocycles. The molecule has 1 fully saturated rings. The van der Waals surface area contributed by atoms with Gasteiger partial charge in [0.05, 0.1) is 24.7 Å². The maximum atomic E-state index is 12.7. The molecule has 1 rings (SSSR count). The van der Waals surface area contributed by atoms with E-state index in [1.54, 1.807) is 19.1 Å². The summed E-state index contributed by atoms with van der Waals surface area (Å²) < 4.78 is 10.4. The Kier molecular flexibility index (Phi) is 6.05. The number of hydrogen-bond acceptors (Lipinski definition) is 4. The minimum absolute atomic E-state index is 0.0890. The second-order valence-electron chi connectivity index (χ2n) is 5.18. The summed E-state index contributed by atoms with van der Waals surface area (Å²) in [5.41, 5.74) is -0.364. The van der Waals surface area contributed by atoms with E-state index in [2.05, 4.69) is 5.32 Å². The molecule has 106 valence electrons. The third-order valence-electron chi connectivity index (χ3n) is 3.82. The minimum Gasteiger partial charge on any atom is -0.384 e. The number of nitrogens with zero attached hydrogens (tertiary/aromatic N) is 1. The van der Waals surface area contributed by atoms with Gasteiger partial charge in [-0.05, 0) is 32.9 Å². The van der Waals surface area contributed by atoms with Gasteiger partial charge in [0.15, 0.2) is 0 Å². The number of carbonyl (C=O) groups excluding carboxylic acids is 1. The summed E-state index contributed by atoms with van der Waals surface area (Å²) >= 11 is 0. The maximum Gasteiger partial charge on any atom is 0.231 e. The van der Waals surface area contributed by atoms with Gasteiger partial charge >= 0.3 is 0 Å². The Labute approximate surface area is 110 Å². The minimum atomic E-state index is -0.364. The first-order chi connectivity index (χ1) is 8.57. The zero-order valence-corrected chi connectivity index (χ0v) is 12.0. The number of ether oxygens (including phenoxy) is 2. The highest BCUT2D eigenvalue weighted by molar-refractivity contribution is 5.83. The Bertz CT molecular complexity index is 259. The predicted octanol–water partition coefficient (Wildman–Crippen LogP) is 0.496. The summed E-state index contributed by atoms with van der Waals surface area (Å²) in [6.07, 6.45) is 1.67. The lowest BCUT2D eigenvalue weighted by molar-refractivity contribution is -0.149. The number of hydrogen-bond donors (Lipinski definition) is 1. The molecule has 0 aromatic rings. The summed E-state index contributed by atoms with van der Waals surface area (Å²) in [6.45, 7) is 4.81. The van der Waals surface area contributed by atoms with Crippen LogP contribution in [0, 0.1) is 5.41 Å². The zero-order valence-electron chi connectivity index (χ0n) is 12.0. The van der Waals surface area contributed by atoms with Crippen LogP contribution in [0.5, 0.6) is 0 Å². The smallest absolute Gasteiger partial charge is 0.231 e. The average molecular weight is 258 g/mol. The monoisotopic (exact) mass is 258 g/mol. The van der Waals surface area contributed by atoms with Crippen LogP contribution in [0.15, 0.2) is 0 Å². The molecule has 1 aliphatic rings. The molecule has 1 aliphatic heterocycles. The molecular formula is C13H26N2O3. The summed E-state index contributed by atoms with van der Waals surface area (Å²) in [5.74, 6) is 0.176. The Morgan fingerprint density at radius 1 is 1.33 bits per heavy atom. The molecule has 1 atom stereocenters. The van der Waals surface area contributed by atoms with E-state index in [4.69, 9.17) is 9.47 Å². The van der Waals surface area contributed by atoms with Crippen molar-refractivity contribution >= 4 is 5.91 Å². The SMILES string of the molecule is COCC(C)N(C)C(=O)C1(COC)CCNCC1. The van der Waals surface area contributed by atoms with Crippen LogP contribution in [-0.4, -0.2) is 64.4 Å². The Morgan fingerprint density at radius 3 is 2.44 bits per heavy atom. The van der Waals surface area contributed by atoms with E-state index >= 15 is 0 Å². The molecule has 0 aromatic heterocycles. The third-order valence-corrected chi connectivity index (χ3v) is 3.82. The van der Waals surface area contributed by atoms with E-state index in [1.807, 2.05) is 14.0 Å². The highest BCUT2D eigenvalue weighted by atomic mass is 16.5. The van der Waals surface area contributed by atoms with E-state index < -0.39 is 0 Å². The molecule has 5 nitrogen and oxygen atoms in total. The molecule has 0 aliphatic carbocycles. The first-order valence-electron chi connectivity index (χ1n) is 6.53. The fourth-order valence-electron chi connectivity index (χ4n) is 2.53. The van der Waals surface area contributed by atoms with Crippen LogP contribution in [0.3, 0.4) is 0 Å². The fourth-order valence-corrected chi connectivity index (χ4v) is 2.53. The molecular weight excluding hydrogens is 232 g/mol. The highest BCUT2D eigenvalue weighted by Gasteiger charge is 2.42. The third kappa shape index (κ3) is 3.43. The molecule has 0 bridgehead atoms. The summed E-state index contributed by atoms with van der Waals surface area (Å²) in [6, 6.07) is 0.0890. The first kappa shape index (κ1) is 15.4. The molecule has 1 heterocycles. The number of methoxy groups -OCH3 is 2. The Hall–Kier alpha value is -0.650. The van der Waals surface area contributed by atoms with E-state index in [0.29, 0.717) is 13.2 Å². The van der Waals surface area contributed by atoms with Gasteiger partial charge in [0.2, 0.25) is 5.91 Å². The zero-order chi connectivity index (χ0) is 13.6. The summed E-state index contributed by atoms with van der Waals surface area (Å²) in [5, 5.41) is 3.30. The van der Waals surface area contributed by atoms with E-state index in [-0.39, 0.29) is 17.4 Å². The number of piperidine rings is 1. The van der Waals surface area contributed by atoms with Gasteiger partial charge < -0.3 is 19.7 Å². The largest absolute Gasteiger partial charge is 0.384 e. The van der Waals surface area contributed by atoms with Crippen molar-refractivity contribution in [2.75, 3.05) is 47.6 Å². The van der Waals surface area contributed by atoms with Gasteiger partial charge in [0, 0.05) is 21.3 Å². The second-order valence-corrected chi connectivity index (χ2v) is 5.18. The van der Waals surface area contributed by atoms with Gasteiger partial charge in [-0.15, -0.1) is 0 Å². The van der Waals surface area contributed by atoms with Crippen molar-refractivity contribution in [3.05, 3.63) is 0 Å². The van der Waals surface area contributed by atoms with Crippen LogP contribution in [0.25, 0.3) is 0 Å². The Balaban J connectivity index is 2.75. The van der Waals surface area contributed by atoms with Crippen molar-refractivity contribution in [2.45, 2.75) is 25.8 Å². The van der Waals surface area contributed by atoms with Gasteiger partial charge in [-0.2, -0.15) is 0 Å². The highest BCUT2D eigenvalue weighted by Crippen LogP contribution is 2.31. The summed E-state index contributed by atoms with van der Waals surface area (Å²) in [7, 11) is 5.17. The molecule has 0 saturated carbocycles. The van der Waals surface area contributed by atoms with E-state index in [0.717, 1.165) is 25.9 Å². The molecule has 0 spiro atoms. The lowest BCUT2D eigenvalue weighted by Gasteiger charge is -2.40. The fraction of sp³-hybridized carbons (Fsp3) is 0.923. The molecule has 1 amide bonds. The van der Waals surface area contributed by atoms with Crippen molar-refractivity contribution in [3.8, 4) is 0 Å². The average Bonchev–Trinajstić information content (AvgIpc) is 2.38. The molecule has 1 N–H and O–H groups in total. The standard InChI is InChI=1S/C13H26N2O3/c1-11(9-17-3)15(2)12(16)13(10-18-4)5-7-14-8-6-13/h11,14H,5-10H2,1-4H3. The quantitative estimate of drug-likeness (QED) is 0.753. The molecule has 5 heteroatoms. The number of nitrogens with one attached hydrogen (secondary N) is 1. The normalized spacial score (nSPS) is 20.4. The number of carbonyl (C=O) groups is 1. The van der Waals surface area contributed by atoms with E-state index in [1.165, 1.54) is 0 Å². The van der Waals surface area contributed by atoms with E-state index in [9.17, 15) is 4.79 Å². The van der Waals surface area contributed by atoms with Crippen LogP contribution in [0.4, 0.5) is 0 Å². The molecule has 0 radical (unpaired) electrons. The lowest BCUT2D eigenvalue weighted by Crippen LogP contribution is -2.53. The van der Waals surface area contributed by atoms with Crippen LogP contribution >= 0.6 is 0 Å². The van der Waals surface area contributed by atoms with Gasteiger partial charge in [0.25, 0.3) is 0 Å². The topological polar surface area (TPSA) is 50.8 Å². The predicted molar refractivity (Wildman–Crippen MR) is 70.5 cm³/mol. The van der Waals surface area contributed by atoms with Crippen LogP contribution in [0.1, 0.15) is 19.8 Å². The second kappa shape index (κ2) is 7.07. The van der Waals surface area contributed by atoms with Crippen LogP contribution < -0.4 is 5.32 Å². The molecule has 18 heavy (non-hydrogen) atoms. The lowest BCUT2D eigenvalue weighted by atomic mass is 9.78. The molecule has 1 unspecified atom stereocenters. The van der Waals surface area contributed by atoms with Crippen LogP contribution in [-0.2, 0) is 14.3 Å². The van der Waals surface area contributed by atoms with Crippen molar-refractivity contribution in [3.63, 3.8) is 0 Å². The number of rotatable bonds is 6. The Morgan fingerprint density at radius 2 is 1.94 bits per heavy atom. The number of amides is 1. The first-order valence-corrected chi connectivity index (χ1v) is 6.53. The van der Waals surface area contributed by atoms with Gasteiger partial charge in [-0.3, -0.25) is 4.79 Å². The van der Waals surface area contributed by atoms with Crippen molar-refractivity contribution < 1.29 is 14.3 Å². The van der Waals surface area contributed by atoms with Crippen molar-refractivity contribution in [1.29, 1.82) is 0 Å². The van der Waals surface area contributed by atoms with Gasteiger partial charge in [-0.1, -0.05) is 0 Å². The van der Waals surface area contributed by atoms with Crippen molar-refractivity contribution in [2.24, 2.45) is 5.41 Å². The van der Waals surface area contributed by atoms with Gasteiger partial charge in [-0.25, -0.2) is 0 Å². The molecule has 1 saturated heterocycles. The number of likely N-dealkylation sites (N-methyl/N-ethyl adjacent to an activating group) is 1.